The molecule has 8 heteroatoms. The fraction of sp³-hybridized carbons (Fsp3) is 0.875. The first-order chi connectivity index (χ1) is 10.9. The molecule has 24 heavy (non-hydrogen) atoms. The van der Waals surface area contributed by atoms with E-state index in [0.29, 0.717) is 5.92 Å². The van der Waals surface area contributed by atoms with Gasteiger partial charge in [-0.15, -0.1) is 0 Å². The first-order valence-corrected chi connectivity index (χ1v) is 24.7. The average Bonchev–Trinajstić information content (AvgIpc) is 3.10. The molecule has 4 aliphatic rings. The maximum Gasteiger partial charge on any atom is 0.317 e. The summed E-state index contributed by atoms with van der Waals surface area (Å²) < 4.78 is 12.0. The zero-order valence-electron chi connectivity index (χ0n) is 15.9. The highest BCUT2D eigenvalue weighted by Crippen LogP contribution is 2.59. The molecule has 0 aromatic heterocycles. The Balaban J connectivity index is 1.60. The average molecular weight is 399 g/mol. The van der Waals surface area contributed by atoms with E-state index in [4.69, 9.17) is 9.16 Å². The summed E-state index contributed by atoms with van der Waals surface area (Å²) in [4.78, 5) is 24.1. The molecule has 0 amide bonds. The highest BCUT2D eigenvalue weighted by Gasteiger charge is 2.80. The largest absolute Gasteiger partial charge is 0.420 e. The van der Waals surface area contributed by atoms with Crippen molar-refractivity contribution in [2.24, 2.45) is 23.7 Å². The van der Waals surface area contributed by atoms with Gasteiger partial charge < -0.3 is 9.16 Å². The molecular weight excluding hydrogens is 369 g/mol. The van der Waals surface area contributed by atoms with Crippen LogP contribution in [0.15, 0.2) is 0 Å². The molecule has 4 fully saturated rings. The molecule has 2 saturated heterocycles. The third-order valence-electron chi connectivity index (χ3n) is 9.59. The van der Waals surface area contributed by atoms with Crippen molar-refractivity contribution in [2.75, 3.05) is 0 Å². The van der Waals surface area contributed by atoms with Crippen molar-refractivity contribution in [1.29, 1.82) is 0 Å². The Morgan fingerprint density at radius 2 is 1.38 bits per heavy atom. The SMILES string of the molecule is C[Si]1(C)[Si](C)(C)[Si](C)(OC2CC3CC2C2C(=O)OC(=O)C32)[Si]1(C)C. The summed E-state index contributed by atoms with van der Waals surface area (Å²) in [5.41, 5.74) is 0. The molecule has 134 valence electrons. The van der Waals surface area contributed by atoms with Crippen LogP contribution in [0.2, 0.25) is 45.8 Å². The summed E-state index contributed by atoms with van der Waals surface area (Å²) in [5.74, 6) is -0.321. The molecule has 0 N–H and O–H groups in total. The molecular formula is C16H30O4Si4. The maximum atomic E-state index is 12.1. The van der Waals surface area contributed by atoms with Gasteiger partial charge in [-0.05, 0) is 24.7 Å². The molecule has 2 bridgehead atoms. The zero-order valence-corrected chi connectivity index (χ0v) is 19.9. The number of hydrogen-bond donors (Lipinski definition) is 0. The summed E-state index contributed by atoms with van der Waals surface area (Å²) in [7, 11) is -5.37. The van der Waals surface area contributed by atoms with Crippen molar-refractivity contribution in [3.8, 4) is 0 Å². The number of fused-ring (bicyclic) bond motifs is 5. The summed E-state index contributed by atoms with van der Waals surface area (Å²) in [6, 6.07) is 0. The Morgan fingerprint density at radius 1 is 0.833 bits per heavy atom. The van der Waals surface area contributed by atoms with Crippen molar-refractivity contribution >= 4 is 40.6 Å². The van der Waals surface area contributed by atoms with Crippen LogP contribution in [-0.2, 0) is 18.8 Å². The van der Waals surface area contributed by atoms with E-state index in [2.05, 4.69) is 45.8 Å². The van der Waals surface area contributed by atoms with E-state index in [9.17, 15) is 9.59 Å². The van der Waals surface area contributed by atoms with Crippen LogP contribution in [0.5, 0.6) is 0 Å². The number of cyclic esters (lactones) is 2. The Labute approximate surface area is 148 Å². The van der Waals surface area contributed by atoms with Crippen LogP contribution in [0.25, 0.3) is 0 Å². The lowest BCUT2D eigenvalue weighted by Crippen LogP contribution is -3.02. The van der Waals surface area contributed by atoms with Gasteiger partial charge in [-0.3, -0.25) is 9.59 Å². The van der Waals surface area contributed by atoms with Crippen LogP contribution in [0.3, 0.4) is 0 Å². The Bertz CT molecular complexity index is 626. The van der Waals surface area contributed by atoms with Crippen LogP contribution < -0.4 is 0 Å². The second-order valence-electron chi connectivity index (χ2n) is 10.3. The molecule has 2 heterocycles. The minimum atomic E-state index is -1.67. The van der Waals surface area contributed by atoms with Gasteiger partial charge in [0.25, 0.3) is 0 Å². The highest BCUT2D eigenvalue weighted by molar-refractivity contribution is 8.12. The summed E-state index contributed by atoms with van der Waals surface area (Å²) in [5, 5.41) is 0. The summed E-state index contributed by atoms with van der Waals surface area (Å²) in [6.45, 7) is 18.1. The minimum Gasteiger partial charge on any atom is -0.420 e. The van der Waals surface area contributed by atoms with Gasteiger partial charge >= 0.3 is 11.9 Å². The number of carbonyl (C=O) groups excluding carboxylic acids is 2. The number of hydrogen-bond acceptors (Lipinski definition) is 4. The smallest absolute Gasteiger partial charge is 0.317 e. The molecule has 0 spiro atoms. The van der Waals surface area contributed by atoms with E-state index in [1.807, 2.05) is 0 Å². The van der Waals surface area contributed by atoms with Gasteiger partial charge in [0.2, 0.25) is 0 Å². The maximum absolute atomic E-state index is 12.1. The summed E-state index contributed by atoms with van der Waals surface area (Å²) in [6.07, 6.45) is 2.19. The van der Waals surface area contributed by atoms with Gasteiger partial charge in [-0.25, -0.2) is 0 Å². The molecule has 5 atom stereocenters. The molecule has 0 radical (unpaired) electrons. The fourth-order valence-corrected chi connectivity index (χ4v) is 135. The predicted molar refractivity (Wildman–Crippen MR) is 103 cm³/mol. The van der Waals surface area contributed by atoms with Crippen LogP contribution in [0.1, 0.15) is 12.8 Å². The van der Waals surface area contributed by atoms with E-state index in [-0.39, 0.29) is 35.8 Å². The molecule has 2 saturated carbocycles. The normalized spacial score (nSPS) is 45.7. The number of ether oxygens (including phenoxy) is 1. The zero-order chi connectivity index (χ0) is 17.9. The molecule has 0 aromatic carbocycles. The molecule has 5 unspecified atom stereocenters. The van der Waals surface area contributed by atoms with Gasteiger partial charge in [0.1, 0.15) is 0 Å². The van der Waals surface area contributed by atoms with E-state index < -0.39 is 28.7 Å². The van der Waals surface area contributed by atoms with Gasteiger partial charge in [-0.1, -0.05) is 45.8 Å². The summed E-state index contributed by atoms with van der Waals surface area (Å²) >= 11 is 0. The standard InChI is InChI=1S/C16H30O4Si4/c1-21(2)22(3,4)24(7,23(21,5)6)20-12-9-10-8-11(12)14-13(10)15(17)19-16(14)18/h10-14H,8-9H2,1-7H3. The molecule has 2 aliphatic carbocycles. The quantitative estimate of drug-likeness (QED) is 0.408. The van der Waals surface area contributed by atoms with Gasteiger partial charge in [-0.2, -0.15) is 0 Å². The number of esters is 2. The highest BCUT2D eigenvalue weighted by atomic mass is 30.2. The van der Waals surface area contributed by atoms with Crippen LogP contribution in [-0.4, -0.2) is 46.7 Å². The minimum absolute atomic E-state index is 0.153. The number of rotatable bonds is 2. The second-order valence-corrected chi connectivity index (χ2v) is 56.5. The second kappa shape index (κ2) is 4.62. The first-order valence-electron chi connectivity index (χ1n) is 9.30. The first kappa shape index (κ1) is 17.4. The van der Waals surface area contributed by atoms with Crippen molar-refractivity contribution in [2.45, 2.75) is 64.8 Å². The van der Waals surface area contributed by atoms with Crippen molar-refractivity contribution in [3.63, 3.8) is 0 Å². The fourth-order valence-electron chi connectivity index (χ4n) is 6.62. The van der Waals surface area contributed by atoms with Crippen molar-refractivity contribution in [3.05, 3.63) is 0 Å². The lowest BCUT2D eigenvalue weighted by molar-refractivity contribution is -0.154. The van der Waals surface area contributed by atoms with E-state index in [1.54, 1.807) is 0 Å². The molecule has 2 aliphatic heterocycles. The monoisotopic (exact) mass is 398 g/mol. The molecule has 4 rings (SSSR count). The Morgan fingerprint density at radius 3 is 1.96 bits per heavy atom. The van der Waals surface area contributed by atoms with Gasteiger partial charge in [0.15, 0.2) is 7.35 Å². The molecule has 0 aromatic rings. The van der Waals surface area contributed by atoms with Crippen LogP contribution in [0, 0.1) is 23.7 Å². The lowest BCUT2D eigenvalue weighted by atomic mass is 9.79. The van der Waals surface area contributed by atoms with Gasteiger partial charge in [0, 0.05) is 13.2 Å². The van der Waals surface area contributed by atoms with Crippen LogP contribution >= 0.6 is 0 Å². The van der Waals surface area contributed by atoms with Crippen molar-refractivity contribution < 1.29 is 18.8 Å². The Kier molecular flexibility index (Phi) is 3.35. The lowest BCUT2D eigenvalue weighted by Gasteiger charge is -2.72. The van der Waals surface area contributed by atoms with Gasteiger partial charge in [0.05, 0.1) is 26.1 Å². The Hall–Kier alpha value is -0.0325. The molecule has 4 nitrogen and oxygen atoms in total. The van der Waals surface area contributed by atoms with E-state index >= 15 is 0 Å². The third-order valence-corrected chi connectivity index (χ3v) is 106. The van der Waals surface area contributed by atoms with E-state index in [0.717, 1.165) is 12.8 Å². The third kappa shape index (κ3) is 1.63. The van der Waals surface area contributed by atoms with Crippen LogP contribution in [0.4, 0.5) is 0 Å². The topological polar surface area (TPSA) is 52.6 Å². The van der Waals surface area contributed by atoms with E-state index in [1.165, 1.54) is 0 Å². The predicted octanol–water partition coefficient (Wildman–Crippen LogP) is 2.75. The number of carbonyl (C=O) groups is 2. The van der Waals surface area contributed by atoms with Crippen molar-refractivity contribution in [1.82, 2.24) is 0 Å².